The Kier molecular flexibility index (Phi) is 3.80. The van der Waals surface area contributed by atoms with Crippen molar-refractivity contribution in [3.8, 4) is 0 Å². The molecule has 0 amide bonds. The van der Waals surface area contributed by atoms with Gasteiger partial charge in [0.1, 0.15) is 5.78 Å². The summed E-state index contributed by atoms with van der Waals surface area (Å²) in [5, 5.41) is 0. The molecule has 1 saturated carbocycles. The number of carbonyl (C=O) groups excluding carboxylic acids is 1. The van der Waals surface area contributed by atoms with E-state index >= 15 is 0 Å². The maximum atomic E-state index is 11.8. The van der Waals surface area contributed by atoms with E-state index in [1.807, 2.05) is 13.8 Å². The van der Waals surface area contributed by atoms with Gasteiger partial charge in [-0.15, -0.1) is 0 Å². The molecule has 94 valence electrons. The first kappa shape index (κ1) is 13.6. The SMILES string of the molecule is CCCC1CC(=O)C(CS(=O)(=O)O)C1(C)C. The van der Waals surface area contributed by atoms with Crippen LogP contribution in [-0.2, 0) is 14.9 Å². The number of carbonyl (C=O) groups is 1. The van der Waals surface area contributed by atoms with Crippen molar-refractivity contribution < 1.29 is 17.8 Å². The lowest BCUT2D eigenvalue weighted by molar-refractivity contribution is -0.121. The summed E-state index contributed by atoms with van der Waals surface area (Å²) in [6.07, 6.45) is 2.36. The summed E-state index contributed by atoms with van der Waals surface area (Å²) in [5.74, 6) is -0.782. The molecule has 4 nitrogen and oxygen atoms in total. The minimum atomic E-state index is -4.07. The zero-order valence-corrected chi connectivity index (χ0v) is 10.9. The van der Waals surface area contributed by atoms with Crippen LogP contribution in [0, 0.1) is 17.3 Å². The Bertz CT molecular complexity index is 369. The summed E-state index contributed by atoms with van der Waals surface area (Å²) >= 11 is 0. The van der Waals surface area contributed by atoms with Crippen molar-refractivity contribution in [3.63, 3.8) is 0 Å². The van der Waals surface area contributed by atoms with Gasteiger partial charge in [-0.2, -0.15) is 8.42 Å². The lowest BCUT2D eigenvalue weighted by Gasteiger charge is -2.31. The van der Waals surface area contributed by atoms with Gasteiger partial charge in [0.25, 0.3) is 10.1 Å². The van der Waals surface area contributed by atoms with Gasteiger partial charge < -0.3 is 0 Å². The van der Waals surface area contributed by atoms with Crippen molar-refractivity contribution in [1.29, 1.82) is 0 Å². The molecule has 0 heterocycles. The van der Waals surface area contributed by atoms with Crippen LogP contribution in [0.5, 0.6) is 0 Å². The number of hydrogen-bond acceptors (Lipinski definition) is 3. The predicted molar refractivity (Wildman–Crippen MR) is 61.7 cm³/mol. The molecule has 1 aliphatic rings. The summed E-state index contributed by atoms with van der Waals surface area (Å²) in [6, 6.07) is 0. The molecule has 2 unspecified atom stereocenters. The second kappa shape index (κ2) is 4.45. The molecule has 0 aromatic carbocycles. The van der Waals surface area contributed by atoms with Gasteiger partial charge in [0.2, 0.25) is 0 Å². The molecular weight excluding hydrogens is 228 g/mol. The minimum absolute atomic E-state index is 0.0268. The van der Waals surface area contributed by atoms with Gasteiger partial charge in [-0.3, -0.25) is 9.35 Å². The maximum absolute atomic E-state index is 11.8. The van der Waals surface area contributed by atoms with Gasteiger partial charge in [-0.05, 0) is 17.8 Å². The van der Waals surface area contributed by atoms with Crippen molar-refractivity contribution >= 4 is 15.9 Å². The molecule has 16 heavy (non-hydrogen) atoms. The Morgan fingerprint density at radius 2 is 2.00 bits per heavy atom. The Hall–Kier alpha value is -0.420. The van der Waals surface area contributed by atoms with Crippen LogP contribution in [0.1, 0.15) is 40.0 Å². The van der Waals surface area contributed by atoms with Crippen LogP contribution in [0.4, 0.5) is 0 Å². The van der Waals surface area contributed by atoms with Gasteiger partial charge >= 0.3 is 0 Å². The average Bonchev–Trinajstić information content (AvgIpc) is 2.28. The summed E-state index contributed by atoms with van der Waals surface area (Å²) in [6.45, 7) is 5.90. The number of hydrogen-bond donors (Lipinski definition) is 1. The Balaban J connectivity index is 2.90. The average molecular weight is 248 g/mol. The smallest absolute Gasteiger partial charge is 0.265 e. The predicted octanol–water partition coefficient (Wildman–Crippen LogP) is 1.91. The highest BCUT2D eigenvalue weighted by Gasteiger charge is 2.49. The first-order valence-electron chi connectivity index (χ1n) is 5.66. The molecule has 1 aliphatic carbocycles. The lowest BCUT2D eigenvalue weighted by atomic mass is 9.74. The zero-order valence-electron chi connectivity index (χ0n) is 10.1. The molecule has 0 radical (unpaired) electrons. The van der Waals surface area contributed by atoms with E-state index in [1.165, 1.54) is 0 Å². The fourth-order valence-electron chi connectivity index (χ4n) is 2.69. The number of ketones is 1. The van der Waals surface area contributed by atoms with E-state index in [0.717, 1.165) is 12.8 Å². The molecule has 0 aliphatic heterocycles. The molecule has 1 rings (SSSR count). The van der Waals surface area contributed by atoms with Gasteiger partial charge in [0.15, 0.2) is 0 Å². The van der Waals surface area contributed by atoms with E-state index in [2.05, 4.69) is 6.92 Å². The second-order valence-electron chi connectivity index (χ2n) is 5.28. The van der Waals surface area contributed by atoms with Crippen LogP contribution in [0.2, 0.25) is 0 Å². The van der Waals surface area contributed by atoms with Crippen LogP contribution in [0.15, 0.2) is 0 Å². The van der Waals surface area contributed by atoms with Gasteiger partial charge in [0, 0.05) is 12.3 Å². The van der Waals surface area contributed by atoms with Crippen molar-refractivity contribution in [2.75, 3.05) is 5.75 Å². The first-order chi connectivity index (χ1) is 7.18. The van der Waals surface area contributed by atoms with E-state index in [9.17, 15) is 13.2 Å². The van der Waals surface area contributed by atoms with Gasteiger partial charge in [-0.1, -0.05) is 27.2 Å². The van der Waals surface area contributed by atoms with Crippen molar-refractivity contribution in [1.82, 2.24) is 0 Å². The fraction of sp³-hybridized carbons (Fsp3) is 0.909. The monoisotopic (exact) mass is 248 g/mol. The molecule has 0 aromatic heterocycles. The molecule has 1 N–H and O–H groups in total. The van der Waals surface area contributed by atoms with Crippen LogP contribution in [-0.4, -0.2) is 24.5 Å². The standard InChI is InChI=1S/C11H20O4S/c1-4-5-8-6-10(12)9(11(8,2)3)7-16(13,14)15/h8-9H,4-7H2,1-3H3,(H,13,14,15). The van der Waals surface area contributed by atoms with Gasteiger partial charge in [0.05, 0.1) is 5.75 Å². The van der Waals surface area contributed by atoms with Crippen molar-refractivity contribution in [2.45, 2.75) is 40.0 Å². The van der Waals surface area contributed by atoms with E-state index in [4.69, 9.17) is 4.55 Å². The lowest BCUT2D eigenvalue weighted by Crippen LogP contribution is -2.32. The molecule has 0 bridgehead atoms. The second-order valence-corrected chi connectivity index (χ2v) is 6.78. The number of Topliss-reactive ketones (excluding diaryl/α,β-unsaturated/α-hetero) is 1. The van der Waals surface area contributed by atoms with Gasteiger partial charge in [-0.25, -0.2) is 0 Å². The Morgan fingerprint density at radius 3 is 2.44 bits per heavy atom. The topological polar surface area (TPSA) is 71.4 Å². The van der Waals surface area contributed by atoms with Crippen molar-refractivity contribution in [3.05, 3.63) is 0 Å². The van der Waals surface area contributed by atoms with E-state index in [1.54, 1.807) is 0 Å². The van der Waals surface area contributed by atoms with E-state index in [-0.39, 0.29) is 17.1 Å². The third-order valence-corrected chi connectivity index (χ3v) is 4.56. The van der Waals surface area contributed by atoms with Crippen LogP contribution in [0.3, 0.4) is 0 Å². The van der Waals surface area contributed by atoms with E-state index in [0.29, 0.717) is 6.42 Å². The van der Waals surface area contributed by atoms with Crippen LogP contribution < -0.4 is 0 Å². The molecule has 0 aromatic rings. The summed E-state index contributed by atoms with van der Waals surface area (Å²) in [4.78, 5) is 11.8. The fourth-order valence-corrected chi connectivity index (χ4v) is 3.73. The molecule has 1 fully saturated rings. The number of rotatable bonds is 4. The maximum Gasteiger partial charge on any atom is 0.265 e. The quantitative estimate of drug-likeness (QED) is 0.771. The highest BCUT2D eigenvalue weighted by atomic mass is 32.2. The Labute approximate surface area is 97.2 Å². The third kappa shape index (κ3) is 2.83. The highest BCUT2D eigenvalue weighted by Crippen LogP contribution is 2.47. The molecule has 0 saturated heterocycles. The summed E-state index contributed by atoms with van der Waals surface area (Å²) < 4.78 is 30.6. The van der Waals surface area contributed by atoms with E-state index < -0.39 is 21.8 Å². The summed E-state index contributed by atoms with van der Waals surface area (Å²) in [7, 11) is -4.07. The molecular formula is C11H20O4S. The third-order valence-electron chi connectivity index (χ3n) is 3.80. The largest absolute Gasteiger partial charge is 0.299 e. The molecule has 5 heteroatoms. The molecule has 0 spiro atoms. The van der Waals surface area contributed by atoms with Crippen LogP contribution in [0.25, 0.3) is 0 Å². The highest BCUT2D eigenvalue weighted by molar-refractivity contribution is 7.85. The Morgan fingerprint density at radius 1 is 1.44 bits per heavy atom. The van der Waals surface area contributed by atoms with Crippen LogP contribution >= 0.6 is 0 Å². The molecule has 2 atom stereocenters. The van der Waals surface area contributed by atoms with Crippen molar-refractivity contribution in [2.24, 2.45) is 17.3 Å². The minimum Gasteiger partial charge on any atom is -0.299 e. The first-order valence-corrected chi connectivity index (χ1v) is 7.27. The normalized spacial score (nSPS) is 29.6. The zero-order chi connectivity index (χ0) is 12.6. The summed E-state index contributed by atoms with van der Waals surface area (Å²) in [5.41, 5.74) is -0.330.